The second-order valence-corrected chi connectivity index (χ2v) is 12.3. The Morgan fingerprint density at radius 1 is 0.756 bits per heavy atom. The van der Waals surface area contributed by atoms with Gasteiger partial charge in [0.25, 0.3) is 0 Å². The predicted molar refractivity (Wildman–Crippen MR) is 159 cm³/mol. The topological polar surface area (TPSA) is 90.9 Å². The number of ether oxygens (including phenoxy) is 3. The van der Waals surface area contributed by atoms with E-state index in [9.17, 15) is 14.4 Å². The Hall–Kier alpha value is -3.97. The highest BCUT2D eigenvalue weighted by atomic mass is 16.6. The van der Waals surface area contributed by atoms with Gasteiger partial charge in [0, 0.05) is 17.6 Å². The van der Waals surface area contributed by atoms with Crippen molar-refractivity contribution in [2.24, 2.45) is 5.41 Å². The molecule has 218 valence electrons. The van der Waals surface area contributed by atoms with E-state index in [2.05, 4.69) is 5.32 Å². The number of benzene rings is 3. The number of nitrogens with one attached hydrogen (secondary N) is 1. The number of carbonyl (C=O) groups is 3. The molecule has 1 unspecified atom stereocenters. The summed E-state index contributed by atoms with van der Waals surface area (Å²) in [6.07, 6.45) is -0.630. The molecule has 0 radical (unpaired) electrons. The van der Waals surface area contributed by atoms with E-state index in [0.717, 1.165) is 11.1 Å². The van der Waals surface area contributed by atoms with Gasteiger partial charge < -0.3 is 19.5 Å². The van der Waals surface area contributed by atoms with Crippen molar-refractivity contribution in [3.05, 3.63) is 100 Å². The van der Waals surface area contributed by atoms with Gasteiger partial charge in [0.2, 0.25) is 0 Å². The zero-order chi connectivity index (χ0) is 30.4. The lowest BCUT2D eigenvalue weighted by Crippen LogP contribution is -2.40. The average Bonchev–Trinajstić information content (AvgIpc) is 2.89. The van der Waals surface area contributed by atoms with Crippen LogP contribution in [-0.4, -0.2) is 30.0 Å². The molecule has 3 rings (SSSR count). The highest BCUT2D eigenvalue weighted by Crippen LogP contribution is 2.29. The molecule has 3 aromatic carbocycles. The van der Waals surface area contributed by atoms with E-state index in [1.54, 1.807) is 63.2 Å². The largest absolute Gasteiger partial charge is 0.457 e. The number of carbonyl (C=O) groups excluding carboxylic acids is 3. The molecule has 3 aromatic rings. The van der Waals surface area contributed by atoms with Crippen LogP contribution in [0.3, 0.4) is 0 Å². The Morgan fingerprint density at radius 3 is 1.80 bits per heavy atom. The zero-order valence-corrected chi connectivity index (χ0v) is 25.3. The van der Waals surface area contributed by atoms with Gasteiger partial charge in [0.1, 0.15) is 18.5 Å². The van der Waals surface area contributed by atoms with Crippen LogP contribution in [0.4, 0.5) is 0 Å². The van der Waals surface area contributed by atoms with Crippen molar-refractivity contribution in [1.82, 2.24) is 5.32 Å². The van der Waals surface area contributed by atoms with E-state index < -0.39 is 23.5 Å². The number of esters is 3. The Labute approximate surface area is 243 Å². The first-order valence-corrected chi connectivity index (χ1v) is 13.7. The maximum Gasteiger partial charge on any atom is 0.343 e. The van der Waals surface area contributed by atoms with Gasteiger partial charge in [-0.25, -0.2) is 9.59 Å². The maximum atomic E-state index is 12.9. The molecule has 0 amide bonds. The van der Waals surface area contributed by atoms with Gasteiger partial charge in [-0.15, -0.1) is 0 Å². The molecule has 41 heavy (non-hydrogen) atoms. The Bertz CT molecular complexity index is 1360. The summed E-state index contributed by atoms with van der Waals surface area (Å²) in [6, 6.07) is 19.3. The minimum absolute atomic E-state index is 0.149. The van der Waals surface area contributed by atoms with Crippen LogP contribution in [-0.2, 0) is 20.9 Å². The van der Waals surface area contributed by atoms with Gasteiger partial charge in [-0.3, -0.25) is 4.79 Å². The fourth-order valence-corrected chi connectivity index (χ4v) is 3.71. The van der Waals surface area contributed by atoms with Crippen LogP contribution in [0, 0.1) is 19.3 Å². The van der Waals surface area contributed by atoms with Crippen LogP contribution in [0.1, 0.15) is 90.6 Å². The molecule has 0 bridgehead atoms. The van der Waals surface area contributed by atoms with Crippen LogP contribution >= 0.6 is 0 Å². The molecule has 0 aromatic heterocycles. The second kappa shape index (κ2) is 13.1. The third-order valence-corrected chi connectivity index (χ3v) is 6.27. The van der Waals surface area contributed by atoms with Gasteiger partial charge in [-0.2, -0.15) is 0 Å². The zero-order valence-electron chi connectivity index (χ0n) is 25.3. The molecule has 0 saturated carbocycles. The molecular weight excluding hydrogens is 518 g/mol. The predicted octanol–water partition coefficient (Wildman–Crippen LogP) is 6.90. The summed E-state index contributed by atoms with van der Waals surface area (Å²) in [5.41, 5.74) is 3.09. The molecular formula is C34H41NO6. The summed E-state index contributed by atoms with van der Waals surface area (Å²) >= 11 is 0. The molecule has 0 aliphatic rings. The van der Waals surface area contributed by atoms with Crippen LogP contribution in [0.5, 0.6) is 5.75 Å². The van der Waals surface area contributed by atoms with E-state index in [4.69, 9.17) is 14.2 Å². The highest BCUT2D eigenvalue weighted by molar-refractivity contribution is 5.91. The molecule has 1 atom stereocenters. The number of hydrogen-bond donors (Lipinski definition) is 1. The Kier molecular flexibility index (Phi) is 10.1. The van der Waals surface area contributed by atoms with Crippen molar-refractivity contribution in [1.29, 1.82) is 0 Å². The van der Waals surface area contributed by atoms with Crippen molar-refractivity contribution in [3.63, 3.8) is 0 Å². The van der Waals surface area contributed by atoms with Crippen molar-refractivity contribution in [3.8, 4) is 5.75 Å². The number of hydrogen-bond acceptors (Lipinski definition) is 7. The summed E-state index contributed by atoms with van der Waals surface area (Å²) in [7, 11) is 0. The standard InChI is InChI=1S/C34H41NO6/c1-22-9-13-24(14-10-22)30(36)39-21-27-19-26(29(20-35-34(6,7)8)41-32(38)33(3,4)5)17-18-28(27)40-31(37)25-15-11-23(2)12-16-25/h9-19,29,35H,20-21H2,1-8H3. The van der Waals surface area contributed by atoms with Crippen LogP contribution in [0.2, 0.25) is 0 Å². The number of rotatable bonds is 9. The molecule has 0 saturated heterocycles. The van der Waals surface area contributed by atoms with Crippen molar-refractivity contribution < 1.29 is 28.6 Å². The second-order valence-electron chi connectivity index (χ2n) is 12.3. The Balaban J connectivity index is 1.95. The molecule has 0 fully saturated rings. The average molecular weight is 560 g/mol. The van der Waals surface area contributed by atoms with Gasteiger partial charge in [-0.05, 0) is 97.4 Å². The minimum atomic E-state index is -0.699. The normalized spacial score (nSPS) is 12.4. The fourth-order valence-electron chi connectivity index (χ4n) is 3.71. The molecule has 7 nitrogen and oxygen atoms in total. The monoisotopic (exact) mass is 559 g/mol. The van der Waals surface area contributed by atoms with E-state index in [1.165, 1.54) is 0 Å². The molecule has 1 N–H and O–H groups in total. The first kappa shape index (κ1) is 31.6. The van der Waals surface area contributed by atoms with Crippen LogP contribution in [0.25, 0.3) is 0 Å². The van der Waals surface area contributed by atoms with E-state index >= 15 is 0 Å². The summed E-state index contributed by atoms with van der Waals surface area (Å²) < 4.78 is 17.3. The Morgan fingerprint density at radius 2 is 1.29 bits per heavy atom. The van der Waals surface area contributed by atoms with Gasteiger partial charge in [-0.1, -0.05) is 41.5 Å². The summed E-state index contributed by atoms with van der Waals surface area (Å²) in [5.74, 6) is -1.13. The third-order valence-electron chi connectivity index (χ3n) is 6.27. The maximum absolute atomic E-state index is 12.9. The lowest BCUT2D eigenvalue weighted by atomic mass is 9.97. The fraction of sp³-hybridized carbons (Fsp3) is 0.382. The molecule has 0 heterocycles. The lowest BCUT2D eigenvalue weighted by molar-refractivity contribution is -0.159. The quantitative estimate of drug-likeness (QED) is 0.225. The summed E-state index contributed by atoms with van der Waals surface area (Å²) in [5, 5.41) is 3.40. The smallest absolute Gasteiger partial charge is 0.343 e. The summed E-state index contributed by atoms with van der Waals surface area (Å²) in [4.78, 5) is 38.6. The van der Waals surface area contributed by atoms with Crippen molar-refractivity contribution >= 4 is 17.9 Å². The summed E-state index contributed by atoms with van der Waals surface area (Å²) in [6.45, 7) is 15.6. The van der Waals surface area contributed by atoms with Crippen molar-refractivity contribution in [2.45, 2.75) is 73.6 Å². The number of aryl methyl sites for hydroxylation is 2. The van der Waals surface area contributed by atoms with Crippen LogP contribution in [0.15, 0.2) is 66.7 Å². The first-order chi connectivity index (χ1) is 19.1. The van der Waals surface area contributed by atoms with Gasteiger partial charge >= 0.3 is 17.9 Å². The van der Waals surface area contributed by atoms with E-state index in [-0.39, 0.29) is 23.9 Å². The van der Waals surface area contributed by atoms with Gasteiger partial charge in [0.15, 0.2) is 0 Å². The minimum Gasteiger partial charge on any atom is -0.457 e. The lowest BCUT2D eigenvalue weighted by Gasteiger charge is -2.28. The van der Waals surface area contributed by atoms with E-state index in [1.807, 2.05) is 58.9 Å². The molecule has 0 aliphatic carbocycles. The first-order valence-electron chi connectivity index (χ1n) is 13.7. The van der Waals surface area contributed by atoms with Gasteiger partial charge in [0.05, 0.1) is 16.5 Å². The SMILES string of the molecule is Cc1ccc(C(=O)OCc2cc(C(CNC(C)(C)C)OC(=O)C(C)(C)C)ccc2OC(=O)c2ccc(C)cc2)cc1. The highest BCUT2D eigenvalue weighted by Gasteiger charge is 2.28. The van der Waals surface area contributed by atoms with Crippen molar-refractivity contribution in [2.75, 3.05) is 6.54 Å². The van der Waals surface area contributed by atoms with E-state index in [0.29, 0.717) is 28.8 Å². The molecule has 7 heteroatoms. The third kappa shape index (κ3) is 9.57. The van der Waals surface area contributed by atoms with Crippen LogP contribution < -0.4 is 10.1 Å². The molecule has 0 spiro atoms. The molecule has 0 aliphatic heterocycles.